The lowest BCUT2D eigenvalue weighted by molar-refractivity contribution is -0.142. The van der Waals surface area contributed by atoms with Gasteiger partial charge in [0.15, 0.2) is 0 Å². The van der Waals surface area contributed by atoms with E-state index in [9.17, 15) is 9.59 Å². The van der Waals surface area contributed by atoms with Crippen molar-refractivity contribution in [1.29, 1.82) is 0 Å². The fourth-order valence-corrected chi connectivity index (χ4v) is 2.07. The van der Waals surface area contributed by atoms with Crippen molar-refractivity contribution in [3.05, 3.63) is 33.8 Å². The molecule has 0 fully saturated rings. The first-order chi connectivity index (χ1) is 9.43. The molecule has 20 heavy (non-hydrogen) atoms. The molecule has 1 aromatic rings. The summed E-state index contributed by atoms with van der Waals surface area (Å²) in [6, 6.07) is 4.06. The molecule has 0 aliphatic rings. The summed E-state index contributed by atoms with van der Waals surface area (Å²) in [4.78, 5) is 22.9. The molecule has 1 amide bonds. The molecule has 110 valence electrons. The van der Waals surface area contributed by atoms with Crippen molar-refractivity contribution < 1.29 is 14.7 Å². The van der Waals surface area contributed by atoms with Crippen LogP contribution < -0.4 is 5.32 Å². The van der Waals surface area contributed by atoms with Crippen molar-refractivity contribution in [1.82, 2.24) is 5.32 Å². The normalized spacial score (nSPS) is 11.9. The Kier molecular flexibility index (Phi) is 6.82. The second-order valence-corrected chi connectivity index (χ2v) is 5.34. The Morgan fingerprint density at radius 3 is 2.55 bits per heavy atom. The molecule has 1 aromatic carbocycles. The topological polar surface area (TPSA) is 66.4 Å². The first kappa shape index (κ1) is 16.8. The van der Waals surface area contributed by atoms with E-state index in [1.165, 1.54) is 0 Å². The van der Waals surface area contributed by atoms with Crippen LogP contribution in [0, 0.1) is 0 Å². The number of hydrogen-bond acceptors (Lipinski definition) is 2. The van der Waals surface area contributed by atoms with Gasteiger partial charge in [0.25, 0.3) is 0 Å². The van der Waals surface area contributed by atoms with Crippen LogP contribution in [0.5, 0.6) is 0 Å². The SMILES string of the molecule is CCCCC(NC(=O)Cc1ccc(Cl)c(Cl)c1)C(=O)O. The van der Waals surface area contributed by atoms with Crippen LogP contribution >= 0.6 is 23.2 Å². The number of carbonyl (C=O) groups excluding carboxylic acids is 1. The van der Waals surface area contributed by atoms with Crippen molar-refractivity contribution in [2.75, 3.05) is 0 Å². The standard InChI is InChI=1S/C14H17Cl2NO3/c1-2-3-4-12(14(19)20)17-13(18)8-9-5-6-10(15)11(16)7-9/h5-7,12H,2-4,8H2,1H3,(H,17,18)(H,19,20). The summed E-state index contributed by atoms with van der Waals surface area (Å²) in [5.41, 5.74) is 0.691. The number of benzene rings is 1. The number of rotatable bonds is 7. The second-order valence-electron chi connectivity index (χ2n) is 4.53. The Hall–Kier alpha value is -1.26. The third kappa shape index (κ3) is 5.39. The minimum absolute atomic E-state index is 0.0762. The maximum Gasteiger partial charge on any atom is 0.326 e. The summed E-state index contributed by atoms with van der Waals surface area (Å²) < 4.78 is 0. The number of carboxylic acids is 1. The second kappa shape index (κ2) is 8.12. The lowest BCUT2D eigenvalue weighted by atomic mass is 10.1. The number of carboxylic acid groups (broad SMARTS) is 1. The Morgan fingerprint density at radius 2 is 2.00 bits per heavy atom. The molecule has 1 atom stereocenters. The van der Waals surface area contributed by atoms with Crippen molar-refractivity contribution in [2.45, 2.75) is 38.6 Å². The van der Waals surface area contributed by atoms with Crippen LogP contribution in [0.2, 0.25) is 10.0 Å². The molecule has 1 unspecified atom stereocenters. The van der Waals surface area contributed by atoms with Crippen molar-refractivity contribution in [2.24, 2.45) is 0 Å². The Balaban J connectivity index is 2.60. The summed E-state index contributed by atoms with van der Waals surface area (Å²) in [7, 11) is 0. The van der Waals surface area contributed by atoms with E-state index in [2.05, 4.69) is 5.32 Å². The van der Waals surface area contributed by atoms with Crippen molar-refractivity contribution in [3.8, 4) is 0 Å². The summed E-state index contributed by atoms with van der Waals surface area (Å²) in [6.45, 7) is 1.97. The quantitative estimate of drug-likeness (QED) is 0.810. The zero-order valence-electron chi connectivity index (χ0n) is 11.2. The van der Waals surface area contributed by atoms with E-state index in [0.717, 1.165) is 12.8 Å². The lowest BCUT2D eigenvalue weighted by Gasteiger charge is -2.14. The molecule has 0 radical (unpaired) electrons. The van der Waals surface area contributed by atoms with Crippen LogP contribution in [-0.4, -0.2) is 23.0 Å². The van der Waals surface area contributed by atoms with Crippen molar-refractivity contribution >= 4 is 35.1 Å². The van der Waals surface area contributed by atoms with Gasteiger partial charge in [-0.2, -0.15) is 0 Å². The molecule has 0 bridgehead atoms. The number of amides is 1. The first-order valence-electron chi connectivity index (χ1n) is 6.40. The van der Waals surface area contributed by atoms with Gasteiger partial charge in [-0.1, -0.05) is 49.0 Å². The van der Waals surface area contributed by atoms with Gasteiger partial charge in [0.1, 0.15) is 6.04 Å². The van der Waals surface area contributed by atoms with Crippen LogP contribution in [0.3, 0.4) is 0 Å². The van der Waals surface area contributed by atoms with Gasteiger partial charge in [-0.25, -0.2) is 4.79 Å². The molecule has 0 aromatic heterocycles. The molecular weight excluding hydrogens is 301 g/mol. The van der Waals surface area contributed by atoms with Gasteiger partial charge in [-0.3, -0.25) is 4.79 Å². The average Bonchev–Trinajstić information content (AvgIpc) is 2.38. The molecule has 1 rings (SSSR count). The van der Waals surface area contributed by atoms with Crippen LogP contribution in [0.25, 0.3) is 0 Å². The van der Waals surface area contributed by atoms with Gasteiger partial charge in [-0.05, 0) is 24.1 Å². The number of carbonyl (C=O) groups is 2. The monoisotopic (exact) mass is 317 g/mol. The first-order valence-corrected chi connectivity index (χ1v) is 7.15. The highest BCUT2D eigenvalue weighted by Gasteiger charge is 2.19. The largest absolute Gasteiger partial charge is 0.480 e. The predicted octanol–water partition coefficient (Wildman–Crippen LogP) is 3.30. The number of aliphatic carboxylic acids is 1. The summed E-state index contributed by atoms with van der Waals surface area (Å²) in [6.07, 6.45) is 2.14. The van der Waals surface area contributed by atoms with Gasteiger partial charge in [0.2, 0.25) is 5.91 Å². The zero-order valence-corrected chi connectivity index (χ0v) is 12.7. The van der Waals surface area contributed by atoms with E-state index in [1.54, 1.807) is 18.2 Å². The Bertz CT molecular complexity index is 491. The maximum atomic E-state index is 11.8. The van der Waals surface area contributed by atoms with E-state index in [4.69, 9.17) is 28.3 Å². The Labute approximate surface area is 128 Å². The molecular formula is C14H17Cl2NO3. The number of hydrogen-bond donors (Lipinski definition) is 2. The zero-order chi connectivity index (χ0) is 15.1. The average molecular weight is 318 g/mol. The van der Waals surface area contributed by atoms with Gasteiger partial charge >= 0.3 is 5.97 Å². The highest BCUT2D eigenvalue weighted by molar-refractivity contribution is 6.42. The molecule has 0 aliphatic carbocycles. The molecule has 6 heteroatoms. The van der Waals surface area contributed by atoms with Crippen LogP contribution in [-0.2, 0) is 16.0 Å². The predicted molar refractivity (Wildman–Crippen MR) is 79.3 cm³/mol. The van der Waals surface area contributed by atoms with E-state index in [0.29, 0.717) is 22.0 Å². The van der Waals surface area contributed by atoms with Crippen LogP contribution in [0.15, 0.2) is 18.2 Å². The molecule has 2 N–H and O–H groups in total. The molecule has 4 nitrogen and oxygen atoms in total. The molecule has 0 spiro atoms. The van der Waals surface area contributed by atoms with Crippen LogP contribution in [0.1, 0.15) is 31.7 Å². The minimum atomic E-state index is -1.01. The number of nitrogens with one attached hydrogen (secondary N) is 1. The van der Waals surface area contributed by atoms with Gasteiger partial charge in [0, 0.05) is 0 Å². The third-order valence-corrected chi connectivity index (χ3v) is 3.57. The molecule has 0 aliphatic heterocycles. The van der Waals surface area contributed by atoms with Gasteiger partial charge in [-0.15, -0.1) is 0 Å². The lowest BCUT2D eigenvalue weighted by Crippen LogP contribution is -2.41. The Morgan fingerprint density at radius 1 is 1.30 bits per heavy atom. The van der Waals surface area contributed by atoms with E-state index >= 15 is 0 Å². The van der Waals surface area contributed by atoms with Gasteiger partial charge in [0.05, 0.1) is 16.5 Å². The van der Waals surface area contributed by atoms with E-state index in [1.807, 2.05) is 6.92 Å². The van der Waals surface area contributed by atoms with Crippen LogP contribution in [0.4, 0.5) is 0 Å². The highest BCUT2D eigenvalue weighted by atomic mass is 35.5. The smallest absolute Gasteiger partial charge is 0.326 e. The molecule has 0 heterocycles. The number of unbranched alkanes of at least 4 members (excludes halogenated alkanes) is 1. The fraction of sp³-hybridized carbons (Fsp3) is 0.429. The summed E-state index contributed by atoms with van der Waals surface area (Å²) in [5, 5.41) is 12.4. The third-order valence-electron chi connectivity index (χ3n) is 2.83. The minimum Gasteiger partial charge on any atom is -0.480 e. The summed E-state index contributed by atoms with van der Waals surface area (Å²) >= 11 is 11.7. The number of halogens is 2. The van der Waals surface area contributed by atoms with Gasteiger partial charge < -0.3 is 10.4 Å². The summed E-state index contributed by atoms with van der Waals surface area (Å²) in [5.74, 6) is -1.35. The molecule has 0 saturated heterocycles. The molecule has 0 saturated carbocycles. The fourth-order valence-electron chi connectivity index (χ4n) is 1.75. The van der Waals surface area contributed by atoms with E-state index < -0.39 is 12.0 Å². The van der Waals surface area contributed by atoms with Crippen molar-refractivity contribution in [3.63, 3.8) is 0 Å². The maximum absolute atomic E-state index is 11.8. The highest BCUT2D eigenvalue weighted by Crippen LogP contribution is 2.22. The van der Waals surface area contributed by atoms with E-state index in [-0.39, 0.29) is 12.3 Å².